The third kappa shape index (κ3) is 2.68. The molecule has 2 heteroatoms. The van der Waals surface area contributed by atoms with Crippen LogP contribution < -0.4 is 0 Å². The van der Waals surface area contributed by atoms with E-state index in [1.807, 2.05) is 26.8 Å². The summed E-state index contributed by atoms with van der Waals surface area (Å²) >= 11 is 0. The summed E-state index contributed by atoms with van der Waals surface area (Å²) in [4.78, 5) is 11.8. The van der Waals surface area contributed by atoms with Gasteiger partial charge in [-0.1, -0.05) is 26.8 Å². The highest BCUT2D eigenvalue weighted by Gasteiger charge is 2.30. The standard InChI is InChI=1S/C12H20O2/c1-12(2,3)11(14)10(13)9-7-5-4-6-8-9/h7,11,14H,4-6,8H2,1-3H3. The lowest BCUT2D eigenvalue weighted by molar-refractivity contribution is -0.128. The van der Waals surface area contributed by atoms with Crippen molar-refractivity contribution in [2.75, 3.05) is 0 Å². The van der Waals surface area contributed by atoms with E-state index in [0.29, 0.717) is 0 Å². The Hall–Kier alpha value is -0.630. The summed E-state index contributed by atoms with van der Waals surface area (Å²) in [6.07, 6.45) is 5.20. The molecule has 1 rings (SSSR count). The van der Waals surface area contributed by atoms with Crippen LogP contribution in [0.1, 0.15) is 46.5 Å². The molecule has 2 nitrogen and oxygen atoms in total. The second-order valence-electron chi connectivity index (χ2n) is 5.11. The number of allylic oxidation sites excluding steroid dienone is 1. The van der Waals surface area contributed by atoms with E-state index in [9.17, 15) is 9.90 Å². The molecule has 0 radical (unpaired) electrons. The number of carbonyl (C=O) groups excluding carboxylic acids is 1. The van der Waals surface area contributed by atoms with Crippen LogP contribution in [0.15, 0.2) is 11.6 Å². The lowest BCUT2D eigenvalue weighted by Gasteiger charge is -2.26. The summed E-state index contributed by atoms with van der Waals surface area (Å²) < 4.78 is 0. The highest BCUT2D eigenvalue weighted by Crippen LogP contribution is 2.26. The fourth-order valence-corrected chi connectivity index (χ4v) is 1.63. The van der Waals surface area contributed by atoms with Gasteiger partial charge in [-0.3, -0.25) is 4.79 Å². The largest absolute Gasteiger partial charge is 0.384 e. The summed E-state index contributed by atoms with van der Waals surface area (Å²) in [5.41, 5.74) is 0.480. The number of aliphatic hydroxyl groups excluding tert-OH is 1. The van der Waals surface area contributed by atoms with Crippen molar-refractivity contribution in [2.45, 2.75) is 52.6 Å². The van der Waals surface area contributed by atoms with Gasteiger partial charge < -0.3 is 5.11 Å². The Labute approximate surface area is 86.0 Å². The Morgan fingerprint density at radius 1 is 1.43 bits per heavy atom. The van der Waals surface area contributed by atoms with E-state index < -0.39 is 6.10 Å². The van der Waals surface area contributed by atoms with Crippen molar-refractivity contribution in [3.63, 3.8) is 0 Å². The summed E-state index contributed by atoms with van der Waals surface area (Å²) in [6, 6.07) is 0. The Kier molecular flexibility index (Phi) is 3.48. The Bertz CT molecular complexity index is 246. The van der Waals surface area contributed by atoms with E-state index in [1.165, 1.54) is 6.42 Å². The minimum atomic E-state index is -0.855. The molecule has 0 aromatic carbocycles. The SMILES string of the molecule is CC(C)(C)C(O)C(=O)C1=CCCCC1. The average Bonchev–Trinajstić information content (AvgIpc) is 2.15. The smallest absolute Gasteiger partial charge is 0.187 e. The zero-order chi connectivity index (χ0) is 10.8. The van der Waals surface area contributed by atoms with Crippen molar-refractivity contribution in [3.8, 4) is 0 Å². The Morgan fingerprint density at radius 3 is 2.50 bits per heavy atom. The summed E-state index contributed by atoms with van der Waals surface area (Å²) in [6.45, 7) is 5.66. The lowest BCUT2D eigenvalue weighted by Crippen LogP contribution is -2.35. The van der Waals surface area contributed by atoms with E-state index in [0.717, 1.165) is 24.8 Å². The molecule has 1 atom stereocenters. The van der Waals surface area contributed by atoms with Crippen LogP contribution >= 0.6 is 0 Å². The van der Waals surface area contributed by atoms with Gasteiger partial charge in [0.25, 0.3) is 0 Å². The number of rotatable bonds is 2. The van der Waals surface area contributed by atoms with Crippen molar-refractivity contribution < 1.29 is 9.90 Å². The Balaban J connectivity index is 2.69. The lowest BCUT2D eigenvalue weighted by atomic mass is 9.82. The topological polar surface area (TPSA) is 37.3 Å². The molecule has 0 saturated heterocycles. The third-order valence-electron chi connectivity index (χ3n) is 2.68. The fourth-order valence-electron chi connectivity index (χ4n) is 1.63. The number of carbonyl (C=O) groups is 1. The van der Waals surface area contributed by atoms with Crippen LogP contribution in [0.4, 0.5) is 0 Å². The minimum Gasteiger partial charge on any atom is -0.384 e. The highest BCUT2D eigenvalue weighted by atomic mass is 16.3. The van der Waals surface area contributed by atoms with E-state index in [4.69, 9.17) is 0 Å². The minimum absolute atomic E-state index is 0.0720. The molecule has 0 aromatic heterocycles. The molecular weight excluding hydrogens is 176 g/mol. The molecule has 0 aromatic rings. The van der Waals surface area contributed by atoms with Crippen LogP contribution in [0.5, 0.6) is 0 Å². The first kappa shape index (κ1) is 11.4. The van der Waals surface area contributed by atoms with Crippen LogP contribution in [0, 0.1) is 5.41 Å². The number of hydrogen-bond acceptors (Lipinski definition) is 2. The number of hydrogen-bond donors (Lipinski definition) is 1. The van der Waals surface area contributed by atoms with Crippen LogP contribution in [-0.4, -0.2) is 17.0 Å². The molecule has 0 heterocycles. The summed E-state index contributed by atoms with van der Waals surface area (Å²) in [5.74, 6) is -0.0720. The quantitative estimate of drug-likeness (QED) is 0.736. The molecule has 0 saturated carbocycles. The van der Waals surface area contributed by atoms with Crippen molar-refractivity contribution >= 4 is 5.78 Å². The number of Topliss-reactive ketones (excluding diaryl/α,β-unsaturated/α-hetero) is 1. The first-order chi connectivity index (χ1) is 6.43. The predicted octanol–water partition coefficient (Wildman–Crippen LogP) is 2.46. The van der Waals surface area contributed by atoms with Crippen molar-refractivity contribution in [3.05, 3.63) is 11.6 Å². The zero-order valence-electron chi connectivity index (χ0n) is 9.34. The van der Waals surface area contributed by atoms with E-state index in [2.05, 4.69) is 0 Å². The molecule has 1 unspecified atom stereocenters. The van der Waals surface area contributed by atoms with Crippen LogP contribution in [0.25, 0.3) is 0 Å². The predicted molar refractivity (Wildman–Crippen MR) is 57.0 cm³/mol. The molecule has 14 heavy (non-hydrogen) atoms. The van der Waals surface area contributed by atoms with E-state index in [1.54, 1.807) is 0 Å². The zero-order valence-corrected chi connectivity index (χ0v) is 9.34. The Morgan fingerprint density at radius 2 is 2.07 bits per heavy atom. The second-order valence-corrected chi connectivity index (χ2v) is 5.11. The molecule has 0 fully saturated rings. The highest BCUT2D eigenvalue weighted by molar-refractivity contribution is 5.99. The van der Waals surface area contributed by atoms with Gasteiger partial charge >= 0.3 is 0 Å². The number of ketones is 1. The maximum absolute atomic E-state index is 11.8. The maximum Gasteiger partial charge on any atom is 0.187 e. The summed E-state index contributed by atoms with van der Waals surface area (Å²) in [5, 5.41) is 9.82. The second kappa shape index (κ2) is 4.26. The van der Waals surface area contributed by atoms with Gasteiger partial charge in [-0.2, -0.15) is 0 Å². The molecule has 0 amide bonds. The first-order valence-corrected chi connectivity index (χ1v) is 5.34. The molecule has 0 bridgehead atoms. The van der Waals surface area contributed by atoms with Gasteiger partial charge in [0.15, 0.2) is 5.78 Å². The van der Waals surface area contributed by atoms with Crippen LogP contribution in [0.2, 0.25) is 0 Å². The number of aliphatic hydroxyl groups is 1. The van der Waals surface area contributed by atoms with Gasteiger partial charge in [0.2, 0.25) is 0 Å². The molecule has 0 aliphatic heterocycles. The van der Waals surface area contributed by atoms with Gasteiger partial charge in [-0.15, -0.1) is 0 Å². The van der Waals surface area contributed by atoms with Crippen LogP contribution in [0.3, 0.4) is 0 Å². The van der Waals surface area contributed by atoms with Crippen molar-refractivity contribution in [1.82, 2.24) is 0 Å². The van der Waals surface area contributed by atoms with Crippen molar-refractivity contribution in [1.29, 1.82) is 0 Å². The van der Waals surface area contributed by atoms with Gasteiger partial charge in [-0.05, 0) is 36.7 Å². The normalized spacial score (nSPS) is 20.1. The molecule has 0 spiro atoms. The van der Waals surface area contributed by atoms with Crippen molar-refractivity contribution in [2.24, 2.45) is 5.41 Å². The fraction of sp³-hybridized carbons (Fsp3) is 0.750. The molecule has 1 N–H and O–H groups in total. The average molecular weight is 196 g/mol. The van der Waals surface area contributed by atoms with Gasteiger partial charge in [-0.25, -0.2) is 0 Å². The van der Waals surface area contributed by atoms with E-state index in [-0.39, 0.29) is 11.2 Å². The van der Waals surface area contributed by atoms with Gasteiger partial charge in [0.05, 0.1) is 0 Å². The maximum atomic E-state index is 11.8. The van der Waals surface area contributed by atoms with Crippen LogP contribution in [-0.2, 0) is 4.79 Å². The molecule has 1 aliphatic rings. The molecule has 1 aliphatic carbocycles. The molecule has 80 valence electrons. The summed E-state index contributed by atoms with van der Waals surface area (Å²) in [7, 11) is 0. The van der Waals surface area contributed by atoms with Gasteiger partial charge in [0, 0.05) is 0 Å². The van der Waals surface area contributed by atoms with Gasteiger partial charge in [0.1, 0.15) is 6.10 Å². The monoisotopic (exact) mass is 196 g/mol. The first-order valence-electron chi connectivity index (χ1n) is 5.34. The molecular formula is C12H20O2. The van der Waals surface area contributed by atoms with E-state index >= 15 is 0 Å². The third-order valence-corrected chi connectivity index (χ3v) is 2.68.